The zero-order valence-electron chi connectivity index (χ0n) is 19.2. The lowest BCUT2D eigenvalue weighted by Gasteiger charge is -2.27. The quantitative estimate of drug-likeness (QED) is 0.160. The third-order valence-corrected chi connectivity index (χ3v) is 5.36. The predicted molar refractivity (Wildman–Crippen MR) is 129 cm³/mol. The molecule has 34 heavy (non-hydrogen) atoms. The van der Waals surface area contributed by atoms with E-state index in [2.05, 4.69) is 28.6 Å². The summed E-state index contributed by atoms with van der Waals surface area (Å²) >= 11 is 3.92. The lowest BCUT2D eigenvalue weighted by atomic mass is 10.00. The number of aliphatic carboxylic acids is 1. The zero-order chi connectivity index (χ0) is 25.8. The van der Waals surface area contributed by atoms with Crippen molar-refractivity contribution in [3.63, 3.8) is 0 Å². The van der Waals surface area contributed by atoms with Crippen molar-refractivity contribution in [3.8, 4) is 0 Å². The molecule has 0 bridgehead atoms. The number of nitrogens with one attached hydrogen (secondary N) is 3. The summed E-state index contributed by atoms with van der Waals surface area (Å²) < 4.78 is 0. The second-order valence-electron chi connectivity index (χ2n) is 8.17. The summed E-state index contributed by atoms with van der Waals surface area (Å²) in [6.45, 7) is 3.37. The van der Waals surface area contributed by atoms with Crippen LogP contribution in [0.1, 0.15) is 32.3 Å². The van der Waals surface area contributed by atoms with E-state index in [1.54, 1.807) is 44.2 Å². The maximum atomic E-state index is 13.1. The smallest absolute Gasteiger partial charge is 0.327 e. The molecule has 188 valence electrons. The van der Waals surface area contributed by atoms with Crippen molar-refractivity contribution in [3.05, 3.63) is 35.9 Å². The lowest BCUT2D eigenvalue weighted by molar-refractivity contribution is -0.142. The molecule has 12 heteroatoms. The Morgan fingerprint density at radius 2 is 1.53 bits per heavy atom. The maximum Gasteiger partial charge on any atom is 0.327 e. The molecule has 8 N–H and O–H groups in total. The van der Waals surface area contributed by atoms with Crippen LogP contribution in [0.5, 0.6) is 0 Å². The first-order valence-electron chi connectivity index (χ1n) is 10.8. The highest BCUT2D eigenvalue weighted by molar-refractivity contribution is 7.80. The summed E-state index contributed by atoms with van der Waals surface area (Å²) in [5.74, 6) is -4.35. The Kier molecular flexibility index (Phi) is 12.1. The SMILES string of the molecule is CC(C)C(NC(=O)C(Cc1ccccc1)NC(=O)C(N)CCC(N)=O)C(=O)NC(CS)C(=O)O. The normalized spacial score (nSPS) is 14.4. The molecule has 4 amide bonds. The first-order chi connectivity index (χ1) is 16.0. The largest absolute Gasteiger partial charge is 0.480 e. The second kappa shape index (κ2) is 14.2. The summed E-state index contributed by atoms with van der Waals surface area (Å²) in [6, 6.07) is 4.48. The van der Waals surface area contributed by atoms with Crippen LogP contribution in [0.4, 0.5) is 0 Å². The number of thiol groups is 1. The Hall–Kier alpha value is -3.12. The molecule has 4 atom stereocenters. The number of carbonyl (C=O) groups excluding carboxylic acids is 4. The van der Waals surface area contributed by atoms with Gasteiger partial charge >= 0.3 is 5.97 Å². The minimum Gasteiger partial charge on any atom is -0.480 e. The number of rotatable bonds is 14. The highest BCUT2D eigenvalue weighted by atomic mass is 32.1. The molecule has 0 heterocycles. The van der Waals surface area contributed by atoms with Gasteiger partial charge < -0.3 is 32.5 Å². The van der Waals surface area contributed by atoms with Crippen molar-refractivity contribution in [1.29, 1.82) is 0 Å². The van der Waals surface area contributed by atoms with E-state index in [4.69, 9.17) is 16.6 Å². The van der Waals surface area contributed by atoms with Gasteiger partial charge in [0.1, 0.15) is 18.1 Å². The summed E-state index contributed by atoms with van der Waals surface area (Å²) in [6.07, 6.45) is 0.0373. The monoisotopic (exact) mass is 495 g/mol. The Bertz CT molecular complexity index is 867. The fraction of sp³-hybridized carbons (Fsp3) is 0.500. The van der Waals surface area contributed by atoms with Crippen LogP contribution in [0.25, 0.3) is 0 Å². The number of primary amides is 1. The minimum atomic E-state index is -1.25. The molecule has 0 saturated heterocycles. The molecular weight excluding hydrogens is 462 g/mol. The molecule has 4 unspecified atom stereocenters. The van der Waals surface area contributed by atoms with Gasteiger partial charge in [0, 0.05) is 18.6 Å². The molecule has 0 spiro atoms. The molecule has 1 aromatic rings. The van der Waals surface area contributed by atoms with Crippen LogP contribution in [0, 0.1) is 5.92 Å². The highest BCUT2D eigenvalue weighted by Gasteiger charge is 2.31. The first kappa shape index (κ1) is 28.9. The van der Waals surface area contributed by atoms with Crippen LogP contribution >= 0.6 is 12.6 Å². The average Bonchev–Trinajstić information content (AvgIpc) is 2.78. The Labute approximate surface area is 203 Å². The average molecular weight is 496 g/mol. The van der Waals surface area contributed by atoms with Crippen molar-refractivity contribution < 1.29 is 29.1 Å². The third-order valence-electron chi connectivity index (χ3n) is 5.00. The van der Waals surface area contributed by atoms with Crippen LogP contribution in [-0.4, -0.2) is 64.6 Å². The molecule has 0 aliphatic heterocycles. The molecule has 0 radical (unpaired) electrons. The van der Waals surface area contributed by atoms with E-state index in [1.165, 1.54) is 0 Å². The van der Waals surface area contributed by atoms with Gasteiger partial charge in [-0.15, -0.1) is 0 Å². The van der Waals surface area contributed by atoms with Crippen LogP contribution in [0.3, 0.4) is 0 Å². The fourth-order valence-corrected chi connectivity index (χ4v) is 3.25. The van der Waals surface area contributed by atoms with Crippen molar-refractivity contribution in [2.75, 3.05) is 5.75 Å². The van der Waals surface area contributed by atoms with Gasteiger partial charge in [-0.25, -0.2) is 4.79 Å². The van der Waals surface area contributed by atoms with Gasteiger partial charge in [-0.1, -0.05) is 44.2 Å². The van der Waals surface area contributed by atoms with Gasteiger partial charge in [-0.05, 0) is 17.9 Å². The van der Waals surface area contributed by atoms with E-state index in [0.717, 1.165) is 5.56 Å². The Morgan fingerprint density at radius 1 is 0.941 bits per heavy atom. The molecule has 0 saturated carbocycles. The number of benzene rings is 1. The van der Waals surface area contributed by atoms with Crippen LogP contribution in [0.15, 0.2) is 30.3 Å². The number of carboxylic acid groups (broad SMARTS) is 1. The van der Waals surface area contributed by atoms with Gasteiger partial charge in [0.05, 0.1) is 6.04 Å². The van der Waals surface area contributed by atoms with E-state index < -0.39 is 53.8 Å². The second-order valence-corrected chi connectivity index (χ2v) is 8.54. The molecule has 0 fully saturated rings. The van der Waals surface area contributed by atoms with Gasteiger partial charge in [-0.2, -0.15) is 12.6 Å². The zero-order valence-corrected chi connectivity index (χ0v) is 20.1. The number of amides is 4. The number of hydrogen-bond acceptors (Lipinski definition) is 7. The number of hydrogen-bond donors (Lipinski definition) is 7. The first-order valence-corrected chi connectivity index (χ1v) is 11.4. The van der Waals surface area contributed by atoms with Crippen molar-refractivity contribution in [1.82, 2.24) is 16.0 Å². The number of carbonyl (C=O) groups is 5. The molecule has 0 aliphatic carbocycles. The van der Waals surface area contributed by atoms with E-state index >= 15 is 0 Å². The molecule has 1 aromatic carbocycles. The summed E-state index contributed by atoms with van der Waals surface area (Å²) in [7, 11) is 0. The molecule has 11 nitrogen and oxygen atoms in total. The Balaban J connectivity index is 3.03. The molecular formula is C22H33N5O6S. The van der Waals surface area contributed by atoms with E-state index in [9.17, 15) is 24.0 Å². The van der Waals surface area contributed by atoms with Crippen molar-refractivity contribution >= 4 is 42.2 Å². The van der Waals surface area contributed by atoms with Gasteiger partial charge in [0.25, 0.3) is 0 Å². The molecule has 0 aromatic heterocycles. The van der Waals surface area contributed by atoms with E-state index in [0.29, 0.717) is 0 Å². The molecule has 1 rings (SSSR count). The minimum absolute atomic E-state index is 0.0121. The highest BCUT2D eigenvalue weighted by Crippen LogP contribution is 2.08. The summed E-state index contributed by atoms with van der Waals surface area (Å²) in [5, 5.41) is 16.7. The maximum absolute atomic E-state index is 13.1. The van der Waals surface area contributed by atoms with Crippen LogP contribution in [0.2, 0.25) is 0 Å². The lowest BCUT2D eigenvalue weighted by Crippen LogP contribution is -2.59. The third kappa shape index (κ3) is 9.79. The van der Waals surface area contributed by atoms with Crippen molar-refractivity contribution in [2.24, 2.45) is 17.4 Å². The van der Waals surface area contributed by atoms with E-state index in [1.807, 2.05) is 0 Å². The molecule has 0 aliphatic rings. The summed E-state index contributed by atoms with van der Waals surface area (Å²) in [5.41, 5.74) is 11.7. The van der Waals surface area contributed by atoms with Crippen molar-refractivity contribution in [2.45, 2.75) is 57.3 Å². The topological polar surface area (TPSA) is 194 Å². The standard InChI is InChI=1S/C22H33N5O6S/c1-12(2)18(21(31)26-16(11-34)22(32)33)27-20(30)15(10-13-6-4-3-5-7-13)25-19(29)14(23)8-9-17(24)28/h3-7,12,14-16,18,34H,8-11,23H2,1-2H3,(H2,24,28)(H,25,29)(H,26,31)(H,27,30)(H,32,33). The summed E-state index contributed by atoms with van der Waals surface area (Å²) in [4.78, 5) is 60.6. The van der Waals surface area contributed by atoms with Gasteiger partial charge in [0.15, 0.2) is 0 Å². The van der Waals surface area contributed by atoms with Crippen LogP contribution in [-0.2, 0) is 30.4 Å². The van der Waals surface area contributed by atoms with E-state index in [-0.39, 0.29) is 30.9 Å². The number of carboxylic acids is 1. The van der Waals surface area contributed by atoms with Gasteiger partial charge in [0.2, 0.25) is 23.6 Å². The van der Waals surface area contributed by atoms with Crippen LogP contribution < -0.4 is 27.4 Å². The number of nitrogens with two attached hydrogens (primary N) is 2. The van der Waals surface area contributed by atoms with Gasteiger partial charge in [-0.3, -0.25) is 19.2 Å². The predicted octanol–water partition coefficient (Wildman–Crippen LogP) is -1.05. The Morgan fingerprint density at radius 3 is 2.03 bits per heavy atom. The fourth-order valence-electron chi connectivity index (χ4n) is 3.00.